The van der Waals surface area contributed by atoms with Gasteiger partial charge < -0.3 is 14.8 Å². The van der Waals surface area contributed by atoms with Crippen LogP contribution in [0.15, 0.2) is 47.1 Å². The van der Waals surface area contributed by atoms with Crippen molar-refractivity contribution in [2.24, 2.45) is 0 Å². The highest BCUT2D eigenvalue weighted by Crippen LogP contribution is 2.21. The lowest BCUT2D eigenvalue weighted by atomic mass is 10.1. The van der Waals surface area contributed by atoms with Crippen molar-refractivity contribution in [3.05, 3.63) is 48.2 Å². The second kappa shape index (κ2) is 7.65. The van der Waals surface area contributed by atoms with Gasteiger partial charge in [0.25, 0.3) is 11.8 Å². The van der Waals surface area contributed by atoms with Gasteiger partial charge in [0.1, 0.15) is 18.1 Å². The number of nitrogens with one attached hydrogen (secondary N) is 1. The summed E-state index contributed by atoms with van der Waals surface area (Å²) in [5.74, 6) is 0.767. The highest BCUT2D eigenvalue weighted by molar-refractivity contribution is 5.84. The number of carbonyl (C=O) groups excluding carboxylic acids is 1. The Hall–Kier alpha value is -3.09. The first-order valence-corrected chi connectivity index (χ1v) is 7.98. The molecule has 0 aliphatic carbocycles. The molecule has 1 amide bonds. The average Bonchev–Trinajstić information content (AvgIpc) is 3.03. The van der Waals surface area contributed by atoms with Crippen molar-refractivity contribution in [3.8, 4) is 11.6 Å². The molecule has 0 spiro atoms. The van der Waals surface area contributed by atoms with Gasteiger partial charge in [0.15, 0.2) is 6.10 Å². The summed E-state index contributed by atoms with van der Waals surface area (Å²) in [7, 11) is 0. The van der Waals surface area contributed by atoms with E-state index < -0.39 is 6.10 Å². The molecule has 0 aliphatic heterocycles. The number of benzene rings is 2. The number of ether oxygens (including phenoxy) is 2. The van der Waals surface area contributed by atoms with E-state index in [1.54, 1.807) is 13.8 Å². The van der Waals surface area contributed by atoms with E-state index in [0.29, 0.717) is 23.9 Å². The van der Waals surface area contributed by atoms with Crippen molar-refractivity contribution in [1.82, 2.24) is 15.6 Å². The molecule has 0 bridgehead atoms. The van der Waals surface area contributed by atoms with Crippen LogP contribution in [0, 0.1) is 6.92 Å². The molecule has 130 valence electrons. The Morgan fingerprint density at radius 3 is 2.76 bits per heavy atom. The van der Waals surface area contributed by atoms with E-state index in [1.807, 2.05) is 42.5 Å². The van der Waals surface area contributed by atoms with Crippen LogP contribution in [0.1, 0.15) is 12.6 Å². The second-order valence-electron chi connectivity index (χ2n) is 5.56. The fraction of sp³-hybridized carbons (Fsp3) is 0.278. The zero-order valence-corrected chi connectivity index (χ0v) is 14.1. The molecule has 1 N–H and O–H groups in total. The van der Waals surface area contributed by atoms with Crippen molar-refractivity contribution in [1.29, 1.82) is 0 Å². The third-order valence-corrected chi connectivity index (χ3v) is 3.65. The molecule has 0 fully saturated rings. The van der Waals surface area contributed by atoms with Crippen molar-refractivity contribution >= 4 is 16.7 Å². The minimum absolute atomic E-state index is 0.216. The first-order chi connectivity index (χ1) is 12.1. The van der Waals surface area contributed by atoms with Crippen LogP contribution in [-0.4, -0.2) is 35.5 Å². The molecule has 7 heteroatoms. The Balaban J connectivity index is 1.47. The number of nitrogens with zero attached hydrogens (tertiary/aromatic N) is 2. The predicted octanol–water partition coefficient (Wildman–Crippen LogP) is 2.49. The van der Waals surface area contributed by atoms with E-state index in [9.17, 15) is 4.79 Å². The minimum Gasteiger partial charge on any atom is -0.481 e. The quantitative estimate of drug-likeness (QED) is 0.665. The molecule has 1 heterocycles. The van der Waals surface area contributed by atoms with Crippen LogP contribution in [0.25, 0.3) is 10.8 Å². The summed E-state index contributed by atoms with van der Waals surface area (Å²) >= 11 is 0. The lowest BCUT2D eigenvalue weighted by Crippen LogP contribution is -2.38. The van der Waals surface area contributed by atoms with E-state index in [0.717, 1.165) is 10.8 Å². The summed E-state index contributed by atoms with van der Waals surface area (Å²) < 4.78 is 15.6. The Morgan fingerprint density at radius 1 is 1.20 bits per heavy atom. The highest BCUT2D eigenvalue weighted by Gasteiger charge is 2.14. The molecule has 1 aromatic heterocycles. The summed E-state index contributed by atoms with van der Waals surface area (Å²) in [6, 6.07) is 13.7. The van der Waals surface area contributed by atoms with Gasteiger partial charge in [-0.15, -0.1) is 0 Å². The van der Waals surface area contributed by atoms with E-state index in [1.165, 1.54) is 0 Å². The first-order valence-electron chi connectivity index (χ1n) is 7.98. The first kappa shape index (κ1) is 16.8. The number of rotatable bonds is 7. The van der Waals surface area contributed by atoms with Crippen LogP contribution >= 0.6 is 0 Å². The monoisotopic (exact) mass is 341 g/mol. The number of aromatic nitrogens is 2. The van der Waals surface area contributed by atoms with Crippen LogP contribution in [0.4, 0.5) is 0 Å². The number of amides is 1. The predicted molar refractivity (Wildman–Crippen MR) is 91.6 cm³/mol. The Labute approximate surface area is 144 Å². The highest BCUT2D eigenvalue weighted by atomic mass is 16.6. The van der Waals surface area contributed by atoms with Crippen molar-refractivity contribution in [2.45, 2.75) is 20.0 Å². The SMILES string of the molecule is Cc1nonc1OCCNC(=O)C(C)Oc1ccc2ccccc2c1. The third kappa shape index (κ3) is 4.26. The van der Waals surface area contributed by atoms with Gasteiger partial charge in [-0.25, -0.2) is 4.63 Å². The van der Waals surface area contributed by atoms with E-state index in [-0.39, 0.29) is 12.5 Å². The number of fused-ring (bicyclic) bond motifs is 1. The van der Waals surface area contributed by atoms with E-state index in [2.05, 4.69) is 20.3 Å². The van der Waals surface area contributed by atoms with Gasteiger partial charge in [-0.2, -0.15) is 0 Å². The smallest absolute Gasteiger partial charge is 0.278 e. The normalized spacial score (nSPS) is 11.9. The lowest BCUT2D eigenvalue weighted by Gasteiger charge is -2.15. The van der Waals surface area contributed by atoms with Gasteiger partial charge in [-0.3, -0.25) is 4.79 Å². The molecule has 25 heavy (non-hydrogen) atoms. The topological polar surface area (TPSA) is 86.5 Å². The minimum atomic E-state index is -0.614. The van der Waals surface area contributed by atoms with Crippen LogP contribution in [0.2, 0.25) is 0 Å². The molecule has 2 aromatic carbocycles. The maximum atomic E-state index is 12.1. The molecule has 3 rings (SSSR count). The molecule has 0 saturated heterocycles. The van der Waals surface area contributed by atoms with Crippen molar-refractivity contribution in [2.75, 3.05) is 13.2 Å². The molecule has 0 aliphatic rings. The summed E-state index contributed by atoms with van der Waals surface area (Å²) in [6.07, 6.45) is -0.614. The molecular weight excluding hydrogens is 322 g/mol. The molecule has 1 atom stereocenters. The lowest BCUT2D eigenvalue weighted by molar-refractivity contribution is -0.127. The molecule has 0 radical (unpaired) electrons. The molecule has 7 nitrogen and oxygen atoms in total. The van der Waals surface area contributed by atoms with Gasteiger partial charge in [0.05, 0.1) is 6.54 Å². The van der Waals surface area contributed by atoms with Crippen molar-refractivity contribution in [3.63, 3.8) is 0 Å². The molecule has 3 aromatic rings. The summed E-state index contributed by atoms with van der Waals surface area (Å²) in [6.45, 7) is 4.03. The average molecular weight is 341 g/mol. The van der Waals surface area contributed by atoms with Crippen LogP contribution in [0.5, 0.6) is 11.6 Å². The fourth-order valence-electron chi connectivity index (χ4n) is 2.32. The van der Waals surface area contributed by atoms with Crippen LogP contribution < -0.4 is 14.8 Å². The number of aryl methyl sites for hydroxylation is 1. The molecule has 0 saturated carbocycles. The maximum Gasteiger partial charge on any atom is 0.278 e. The Bertz CT molecular complexity index is 862. The van der Waals surface area contributed by atoms with Crippen LogP contribution in [0.3, 0.4) is 0 Å². The van der Waals surface area contributed by atoms with Gasteiger partial charge in [-0.1, -0.05) is 35.5 Å². The van der Waals surface area contributed by atoms with Crippen molar-refractivity contribution < 1.29 is 18.9 Å². The summed E-state index contributed by atoms with van der Waals surface area (Å²) in [5, 5.41) is 12.2. The largest absolute Gasteiger partial charge is 0.481 e. The Kier molecular flexibility index (Phi) is 5.13. The molecular formula is C18H19N3O4. The number of hydrogen-bond acceptors (Lipinski definition) is 6. The molecule has 1 unspecified atom stereocenters. The zero-order valence-electron chi connectivity index (χ0n) is 14.1. The Morgan fingerprint density at radius 2 is 2.00 bits per heavy atom. The second-order valence-corrected chi connectivity index (χ2v) is 5.56. The number of hydrogen-bond donors (Lipinski definition) is 1. The summed E-state index contributed by atoms with van der Waals surface area (Å²) in [5.41, 5.74) is 0.569. The van der Waals surface area contributed by atoms with E-state index in [4.69, 9.17) is 9.47 Å². The van der Waals surface area contributed by atoms with Gasteiger partial charge in [0.2, 0.25) is 0 Å². The zero-order chi connectivity index (χ0) is 17.6. The fourth-order valence-corrected chi connectivity index (χ4v) is 2.32. The van der Waals surface area contributed by atoms with Gasteiger partial charge in [0, 0.05) is 0 Å². The van der Waals surface area contributed by atoms with Gasteiger partial charge >= 0.3 is 0 Å². The maximum absolute atomic E-state index is 12.1. The van der Waals surface area contributed by atoms with Gasteiger partial charge in [-0.05, 0) is 41.9 Å². The third-order valence-electron chi connectivity index (χ3n) is 3.65. The standard InChI is InChI=1S/C18H19N3O4/c1-12-18(21-25-20-12)23-10-9-19-17(22)13(2)24-16-8-7-14-5-3-4-6-15(14)11-16/h3-8,11,13H,9-10H2,1-2H3,(H,19,22). The summed E-state index contributed by atoms with van der Waals surface area (Å²) in [4.78, 5) is 12.1. The van der Waals surface area contributed by atoms with Crippen LogP contribution in [-0.2, 0) is 4.79 Å². The van der Waals surface area contributed by atoms with E-state index >= 15 is 0 Å². The number of carbonyl (C=O) groups is 1.